The Morgan fingerprint density at radius 3 is 2.68 bits per heavy atom. The quantitative estimate of drug-likeness (QED) is 0.697. The Morgan fingerprint density at radius 1 is 1.14 bits per heavy atom. The van der Waals surface area contributed by atoms with Gasteiger partial charge >= 0.3 is 0 Å². The zero-order valence-corrected chi connectivity index (χ0v) is 17.0. The molecule has 3 aromatic rings. The fourth-order valence-electron chi connectivity index (χ4n) is 3.61. The monoisotopic (exact) mass is 396 g/mol. The van der Waals surface area contributed by atoms with Gasteiger partial charge in [0, 0.05) is 18.5 Å². The summed E-state index contributed by atoms with van der Waals surface area (Å²) in [4.78, 5) is 21.5. The van der Waals surface area contributed by atoms with E-state index in [1.807, 2.05) is 41.3 Å². The van der Waals surface area contributed by atoms with E-state index >= 15 is 0 Å². The summed E-state index contributed by atoms with van der Waals surface area (Å²) in [6.45, 7) is 7.55. The van der Waals surface area contributed by atoms with Crippen molar-refractivity contribution in [1.29, 1.82) is 0 Å². The van der Waals surface area contributed by atoms with Crippen LogP contribution >= 0.6 is 11.3 Å². The Bertz CT molecular complexity index is 935. The van der Waals surface area contributed by atoms with Gasteiger partial charge in [-0.2, -0.15) is 0 Å². The molecule has 1 aliphatic heterocycles. The zero-order valence-electron chi connectivity index (χ0n) is 16.2. The first kappa shape index (κ1) is 19.1. The van der Waals surface area contributed by atoms with Crippen molar-refractivity contribution < 1.29 is 14.4 Å². The molecule has 1 aliphatic rings. The summed E-state index contributed by atoms with van der Waals surface area (Å²) in [6, 6.07) is 15.7. The van der Waals surface area contributed by atoms with E-state index in [2.05, 4.69) is 19.1 Å². The molecule has 0 aliphatic carbocycles. The summed E-state index contributed by atoms with van der Waals surface area (Å²) >= 11 is 1.60. The Labute approximate surface area is 169 Å². The largest absolute Gasteiger partial charge is 0.370 e. The van der Waals surface area contributed by atoms with Gasteiger partial charge in [0.15, 0.2) is 5.13 Å². The second-order valence-electron chi connectivity index (χ2n) is 7.21. The van der Waals surface area contributed by atoms with Crippen molar-refractivity contribution >= 4 is 32.6 Å². The van der Waals surface area contributed by atoms with Crippen LogP contribution in [-0.2, 0) is 4.74 Å². The molecule has 1 fully saturated rings. The summed E-state index contributed by atoms with van der Waals surface area (Å²) in [5.41, 5.74) is 2.84. The van der Waals surface area contributed by atoms with Gasteiger partial charge in [0.25, 0.3) is 5.91 Å². The number of carbonyl (C=O) groups is 1. The molecule has 1 N–H and O–H groups in total. The van der Waals surface area contributed by atoms with Gasteiger partial charge in [0.1, 0.15) is 13.1 Å². The molecule has 1 amide bonds. The van der Waals surface area contributed by atoms with Crippen LogP contribution in [-0.4, -0.2) is 50.3 Å². The number of para-hydroxylation sites is 1. The highest BCUT2D eigenvalue weighted by atomic mass is 32.1. The smallest absolute Gasteiger partial charge is 0.260 e. The molecule has 1 saturated heterocycles. The lowest BCUT2D eigenvalue weighted by molar-refractivity contribution is -0.908. The minimum absolute atomic E-state index is 0.0225. The van der Waals surface area contributed by atoms with Gasteiger partial charge in [-0.05, 0) is 30.7 Å². The fourth-order valence-corrected chi connectivity index (χ4v) is 4.68. The third-order valence-electron chi connectivity index (χ3n) is 5.22. The Hall–Kier alpha value is -2.28. The van der Waals surface area contributed by atoms with E-state index in [4.69, 9.17) is 9.72 Å². The predicted molar refractivity (Wildman–Crippen MR) is 113 cm³/mol. The molecule has 4 rings (SSSR count). The Morgan fingerprint density at radius 2 is 1.93 bits per heavy atom. The Kier molecular flexibility index (Phi) is 6.00. The summed E-state index contributed by atoms with van der Waals surface area (Å²) in [5, 5.41) is 0.787. The maximum absolute atomic E-state index is 13.3. The molecule has 0 unspecified atom stereocenters. The van der Waals surface area contributed by atoms with Crippen LogP contribution in [0.3, 0.4) is 0 Å². The number of hydrogen-bond donors (Lipinski definition) is 1. The molecule has 6 heteroatoms. The van der Waals surface area contributed by atoms with Crippen LogP contribution < -0.4 is 9.80 Å². The molecular formula is C22H26N3O2S+. The molecule has 0 spiro atoms. The molecule has 146 valence electrons. The number of morpholine rings is 1. The number of fused-ring (bicyclic) bond motifs is 1. The predicted octanol–water partition coefficient (Wildman–Crippen LogP) is 2.56. The second-order valence-corrected chi connectivity index (χ2v) is 8.22. The van der Waals surface area contributed by atoms with Crippen LogP contribution in [0, 0.1) is 6.92 Å². The van der Waals surface area contributed by atoms with Crippen LogP contribution in [0.5, 0.6) is 0 Å². The van der Waals surface area contributed by atoms with Gasteiger partial charge in [0.2, 0.25) is 0 Å². The normalized spacial score (nSPS) is 15.0. The topological polar surface area (TPSA) is 46.9 Å². The van der Waals surface area contributed by atoms with E-state index in [-0.39, 0.29) is 5.91 Å². The number of ether oxygens (including phenoxy) is 1. The highest BCUT2D eigenvalue weighted by Gasteiger charge is 2.22. The summed E-state index contributed by atoms with van der Waals surface area (Å²) in [5.74, 6) is 0.0225. The maximum Gasteiger partial charge on any atom is 0.260 e. The van der Waals surface area contributed by atoms with Gasteiger partial charge in [-0.25, -0.2) is 4.98 Å². The zero-order chi connectivity index (χ0) is 19.3. The molecule has 28 heavy (non-hydrogen) atoms. The van der Waals surface area contributed by atoms with Crippen molar-refractivity contribution in [3.63, 3.8) is 0 Å². The van der Waals surface area contributed by atoms with Crippen molar-refractivity contribution in [1.82, 2.24) is 4.98 Å². The number of hydrogen-bond acceptors (Lipinski definition) is 4. The van der Waals surface area contributed by atoms with Gasteiger partial charge in [-0.1, -0.05) is 41.7 Å². The average Bonchev–Trinajstić information content (AvgIpc) is 3.17. The average molecular weight is 397 g/mol. The van der Waals surface area contributed by atoms with Crippen LogP contribution in [0.25, 0.3) is 10.2 Å². The third-order valence-corrected chi connectivity index (χ3v) is 6.26. The highest BCUT2D eigenvalue weighted by Crippen LogP contribution is 2.31. The first-order valence-corrected chi connectivity index (χ1v) is 10.7. The lowest BCUT2D eigenvalue weighted by Gasteiger charge is -2.25. The van der Waals surface area contributed by atoms with E-state index in [9.17, 15) is 4.79 Å². The number of quaternary nitrogens is 1. The highest BCUT2D eigenvalue weighted by molar-refractivity contribution is 7.22. The third kappa shape index (κ3) is 4.24. The lowest BCUT2D eigenvalue weighted by Crippen LogP contribution is -3.14. The number of aromatic nitrogens is 1. The van der Waals surface area contributed by atoms with Crippen LogP contribution in [0.1, 0.15) is 22.3 Å². The molecular weight excluding hydrogens is 370 g/mol. The molecule has 5 nitrogen and oxygen atoms in total. The fraction of sp³-hybridized carbons (Fsp3) is 0.364. The number of aryl methyl sites for hydroxylation is 1. The minimum atomic E-state index is 0.0225. The van der Waals surface area contributed by atoms with Crippen molar-refractivity contribution in [3.8, 4) is 0 Å². The summed E-state index contributed by atoms with van der Waals surface area (Å²) in [6.07, 6.45) is 0.947. The number of nitrogens with zero attached hydrogens (tertiary/aromatic N) is 2. The van der Waals surface area contributed by atoms with E-state index in [1.165, 1.54) is 0 Å². The van der Waals surface area contributed by atoms with E-state index in [0.717, 1.165) is 60.2 Å². The van der Waals surface area contributed by atoms with E-state index in [1.54, 1.807) is 16.2 Å². The molecule has 2 heterocycles. The SMILES string of the molecule is Cc1cccc2sc(N(CCC[NH+]3CCOCC3)C(=O)c3ccccc3)nc12. The number of thiazole rings is 1. The molecule has 1 aromatic heterocycles. The van der Waals surface area contributed by atoms with Gasteiger partial charge in [-0.15, -0.1) is 0 Å². The molecule has 0 atom stereocenters. The van der Waals surface area contributed by atoms with Crippen molar-refractivity contribution in [2.45, 2.75) is 13.3 Å². The van der Waals surface area contributed by atoms with E-state index < -0.39 is 0 Å². The van der Waals surface area contributed by atoms with Crippen LogP contribution in [0.2, 0.25) is 0 Å². The van der Waals surface area contributed by atoms with Crippen LogP contribution in [0.4, 0.5) is 5.13 Å². The number of anilines is 1. The summed E-state index contributed by atoms with van der Waals surface area (Å²) < 4.78 is 6.57. The molecule has 2 aromatic carbocycles. The Balaban J connectivity index is 1.56. The molecule has 0 bridgehead atoms. The van der Waals surface area contributed by atoms with Gasteiger partial charge in [0.05, 0.1) is 30.0 Å². The second kappa shape index (κ2) is 8.82. The van der Waals surface area contributed by atoms with Crippen molar-refractivity contribution in [3.05, 3.63) is 59.7 Å². The number of rotatable bonds is 6. The molecule has 0 saturated carbocycles. The number of amides is 1. The van der Waals surface area contributed by atoms with Gasteiger partial charge in [-0.3, -0.25) is 9.69 Å². The standard InChI is InChI=1S/C22H25N3O2S/c1-17-7-5-10-19-20(17)23-22(28-19)25(21(26)18-8-3-2-4-9-18)12-6-11-24-13-15-27-16-14-24/h2-5,7-10H,6,11-16H2,1H3/p+1. The van der Waals surface area contributed by atoms with Crippen molar-refractivity contribution in [2.24, 2.45) is 0 Å². The minimum Gasteiger partial charge on any atom is -0.370 e. The lowest BCUT2D eigenvalue weighted by atomic mass is 10.2. The van der Waals surface area contributed by atoms with Crippen molar-refractivity contribution in [2.75, 3.05) is 44.3 Å². The van der Waals surface area contributed by atoms with Gasteiger partial charge < -0.3 is 9.64 Å². The number of nitrogens with one attached hydrogen (secondary N) is 1. The summed E-state index contributed by atoms with van der Waals surface area (Å²) in [7, 11) is 0. The first-order chi connectivity index (χ1) is 13.7. The maximum atomic E-state index is 13.3. The first-order valence-electron chi connectivity index (χ1n) is 9.87. The van der Waals surface area contributed by atoms with Crippen LogP contribution in [0.15, 0.2) is 48.5 Å². The number of benzene rings is 2. The molecule has 0 radical (unpaired) electrons. The van der Waals surface area contributed by atoms with E-state index in [0.29, 0.717) is 12.1 Å². The number of carbonyl (C=O) groups excluding carboxylic acids is 1.